The van der Waals surface area contributed by atoms with Gasteiger partial charge in [0, 0.05) is 23.6 Å². The Morgan fingerprint density at radius 2 is 1.63 bits per heavy atom. The molecule has 152 valence electrons. The molecule has 0 saturated carbocycles. The Morgan fingerprint density at radius 1 is 0.900 bits per heavy atom. The molecule has 4 rings (SSSR count). The summed E-state index contributed by atoms with van der Waals surface area (Å²) >= 11 is 0. The molecule has 8 heteroatoms. The fraction of sp³-hybridized carbons (Fsp3) is 0.0909. The normalized spacial score (nSPS) is 15.5. The molecule has 3 aromatic carbocycles. The first kappa shape index (κ1) is 19.6. The van der Waals surface area contributed by atoms with E-state index in [1.807, 2.05) is 0 Å². The molecule has 0 aliphatic carbocycles. The van der Waals surface area contributed by atoms with Crippen molar-refractivity contribution in [3.63, 3.8) is 0 Å². The number of hydrogen-bond donors (Lipinski definition) is 1. The highest BCUT2D eigenvalue weighted by molar-refractivity contribution is 6.07. The average molecular weight is 414 g/mol. The highest BCUT2D eigenvalue weighted by atomic mass is 19.1. The Labute approximate surface area is 168 Å². The SMILES string of the molecule is O=C(Nc1c(F)cc(F)cc1-c1ccccc1)[C@@H]1CC(c2cc(F)ccc2F)=NO1. The fourth-order valence-electron chi connectivity index (χ4n) is 3.15. The average Bonchev–Trinajstić information content (AvgIpc) is 3.22. The Kier molecular flexibility index (Phi) is 5.22. The molecule has 30 heavy (non-hydrogen) atoms. The number of oxime groups is 1. The summed E-state index contributed by atoms with van der Waals surface area (Å²) in [5.74, 6) is -3.89. The lowest BCUT2D eigenvalue weighted by Crippen LogP contribution is -2.28. The van der Waals surface area contributed by atoms with Crippen molar-refractivity contribution in [2.24, 2.45) is 5.16 Å². The molecule has 0 spiro atoms. The summed E-state index contributed by atoms with van der Waals surface area (Å²) in [5, 5.41) is 6.06. The minimum atomic E-state index is -1.18. The van der Waals surface area contributed by atoms with Crippen molar-refractivity contribution in [1.82, 2.24) is 0 Å². The molecular weight excluding hydrogens is 400 g/mol. The maximum absolute atomic E-state index is 14.5. The van der Waals surface area contributed by atoms with Crippen LogP contribution in [0.3, 0.4) is 0 Å². The first-order chi connectivity index (χ1) is 14.4. The summed E-state index contributed by atoms with van der Waals surface area (Å²) in [7, 11) is 0. The molecule has 1 amide bonds. The van der Waals surface area contributed by atoms with Crippen molar-refractivity contribution in [2.45, 2.75) is 12.5 Å². The number of nitrogens with zero attached hydrogens (tertiary/aromatic N) is 1. The zero-order valence-electron chi connectivity index (χ0n) is 15.3. The summed E-state index contributed by atoms with van der Waals surface area (Å²) in [4.78, 5) is 17.7. The molecular formula is C22H14F4N2O2. The summed E-state index contributed by atoms with van der Waals surface area (Å²) in [6, 6.07) is 13.0. The van der Waals surface area contributed by atoms with Crippen LogP contribution in [-0.2, 0) is 9.63 Å². The van der Waals surface area contributed by atoms with Gasteiger partial charge < -0.3 is 10.2 Å². The lowest BCUT2D eigenvalue weighted by Gasteiger charge is -2.15. The molecule has 0 radical (unpaired) electrons. The number of amides is 1. The van der Waals surface area contributed by atoms with Gasteiger partial charge in [0.25, 0.3) is 5.91 Å². The molecule has 0 bridgehead atoms. The Hall–Kier alpha value is -3.68. The summed E-state index contributed by atoms with van der Waals surface area (Å²) < 4.78 is 55.6. The zero-order valence-corrected chi connectivity index (χ0v) is 15.3. The van der Waals surface area contributed by atoms with Gasteiger partial charge in [-0.1, -0.05) is 35.5 Å². The van der Waals surface area contributed by atoms with Crippen LogP contribution >= 0.6 is 0 Å². The van der Waals surface area contributed by atoms with Crippen LogP contribution in [0.1, 0.15) is 12.0 Å². The molecule has 0 saturated heterocycles. The predicted molar refractivity (Wildman–Crippen MR) is 103 cm³/mol. The number of hydrogen-bond acceptors (Lipinski definition) is 3. The van der Waals surface area contributed by atoms with E-state index in [0.717, 1.165) is 24.3 Å². The number of anilines is 1. The summed E-state index contributed by atoms with van der Waals surface area (Å²) in [6.07, 6.45) is -1.33. The van der Waals surface area contributed by atoms with Gasteiger partial charge >= 0.3 is 0 Å². The van der Waals surface area contributed by atoms with Crippen LogP contribution in [0.25, 0.3) is 11.1 Å². The van der Waals surface area contributed by atoms with Crippen LogP contribution in [0.5, 0.6) is 0 Å². The van der Waals surface area contributed by atoms with Crippen molar-refractivity contribution in [2.75, 3.05) is 5.32 Å². The smallest absolute Gasteiger partial charge is 0.268 e. The van der Waals surface area contributed by atoms with Gasteiger partial charge in [-0.2, -0.15) is 0 Å². The van der Waals surface area contributed by atoms with Crippen LogP contribution in [-0.4, -0.2) is 17.7 Å². The molecule has 0 aromatic heterocycles. The van der Waals surface area contributed by atoms with Crippen molar-refractivity contribution >= 4 is 17.3 Å². The van der Waals surface area contributed by atoms with Gasteiger partial charge in [0.1, 0.15) is 23.3 Å². The third-order valence-corrected chi connectivity index (χ3v) is 4.59. The molecule has 1 aliphatic rings. The van der Waals surface area contributed by atoms with E-state index in [-0.39, 0.29) is 28.9 Å². The van der Waals surface area contributed by atoms with Gasteiger partial charge in [0.05, 0.1) is 11.4 Å². The van der Waals surface area contributed by atoms with E-state index >= 15 is 0 Å². The third-order valence-electron chi connectivity index (χ3n) is 4.59. The largest absolute Gasteiger partial charge is 0.382 e. The number of rotatable bonds is 4. The molecule has 0 fully saturated rings. The van der Waals surface area contributed by atoms with E-state index in [0.29, 0.717) is 11.6 Å². The second kappa shape index (κ2) is 7.98. The summed E-state index contributed by atoms with van der Waals surface area (Å²) in [5.41, 5.74) is 0.355. The molecule has 1 atom stereocenters. The number of halogens is 4. The zero-order chi connectivity index (χ0) is 21.3. The maximum atomic E-state index is 14.5. The first-order valence-corrected chi connectivity index (χ1v) is 8.96. The molecule has 0 unspecified atom stereocenters. The summed E-state index contributed by atoms with van der Waals surface area (Å²) in [6.45, 7) is 0. The van der Waals surface area contributed by atoms with Crippen molar-refractivity contribution in [1.29, 1.82) is 0 Å². The number of carbonyl (C=O) groups excluding carboxylic acids is 1. The van der Waals surface area contributed by atoms with Gasteiger partial charge in [-0.3, -0.25) is 4.79 Å². The monoisotopic (exact) mass is 414 g/mol. The molecule has 1 N–H and O–H groups in total. The van der Waals surface area contributed by atoms with E-state index in [2.05, 4.69) is 10.5 Å². The lowest BCUT2D eigenvalue weighted by molar-refractivity contribution is -0.125. The number of nitrogens with one attached hydrogen (secondary N) is 1. The van der Waals surface area contributed by atoms with E-state index in [9.17, 15) is 22.4 Å². The second-order valence-corrected chi connectivity index (χ2v) is 6.63. The predicted octanol–water partition coefficient (Wildman–Crippen LogP) is 5.04. The Morgan fingerprint density at radius 3 is 2.40 bits per heavy atom. The van der Waals surface area contributed by atoms with Gasteiger partial charge in [-0.25, -0.2) is 17.6 Å². The standard InChI is InChI=1S/C22H14F4N2O2/c23-13-6-7-17(25)16(8-13)19-11-20(30-28-19)22(29)27-21-15(9-14(24)10-18(21)26)12-4-2-1-3-5-12/h1-10,20H,11H2,(H,27,29)/t20-/m0/s1. The number of carbonyl (C=O) groups is 1. The van der Waals surface area contributed by atoms with E-state index in [4.69, 9.17) is 4.84 Å². The van der Waals surface area contributed by atoms with Crippen LogP contribution in [0, 0.1) is 23.3 Å². The van der Waals surface area contributed by atoms with Crippen molar-refractivity contribution < 1.29 is 27.2 Å². The van der Waals surface area contributed by atoms with Crippen LogP contribution in [0.4, 0.5) is 23.2 Å². The number of benzene rings is 3. The fourth-order valence-corrected chi connectivity index (χ4v) is 3.15. The molecule has 1 aliphatic heterocycles. The van der Waals surface area contributed by atoms with E-state index < -0.39 is 35.3 Å². The van der Waals surface area contributed by atoms with Gasteiger partial charge in [-0.05, 0) is 29.8 Å². The topological polar surface area (TPSA) is 50.7 Å². The van der Waals surface area contributed by atoms with Crippen molar-refractivity contribution in [3.8, 4) is 11.1 Å². The van der Waals surface area contributed by atoms with Crippen LogP contribution in [0.2, 0.25) is 0 Å². The minimum Gasteiger partial charge on any atom is -0.382 e. The first-order valence-electron chi connectivity index (χ1n) is 8.96. The quantitative estimate of drug-likeness (QED) is 0.608. The highest BCUT2D eigenvalue weighted by Gasteiger charge is 2.31. The molecule has 3 aromatic rings. The van der Waals surface area contributed by atoms with Gasteiger partial charge in [-0.15, -0.1) is 0 Å². The van der Waals surface area contributed by atoms with Crippen molar-refractivity contribution in [3.05, 3.63) is 89.5 Å². The highest BCUT2D eigenvalue weighted by Crippen LogP contribution is 2.32. The Balaban J connectivity index is 1.56. The minimum absolute atomic E-state index is 0.0509. The van der Waals surface area contributed by atoms with Gasteiger partial charge in [0.2, 0.25) is 6.10 Å². The lowest BCUT2D eigenvalue weighted by atomic mass is 10.0. The van der Waals surface area contributed by atoms with E-state index in [1.54, 1.807) is 30.3 Å². The molecule has 1 heterocycles. The second-order valence-electron chi connectivity index (χ2n) is 6.63. The third kappa shape index (κ3) is 3.89. The van der Waals surface area contributed by atoms with Crippen LogP contribution < -0.4 is 5.32 Å². The van der Waals surface area contributed by atoms with E-state index in [1.165, 1.54) is 0 Å². The Bertz CT molecular complexity index is 1150. The maximum Gasteiger partial charge on any atom is 0.268 e. The van der Waals surface area contributed by atoms with Gasteiger partial charge in [0.15, 0.2) is 0 Å². The van der Waals surface area contributed by atoms with Crippen LogP contribution in [0.15, 0.2) is 65.8 Å². The molecule has 4 nitrogen and oxygen atoms in total.